The number of carboxylic acid groups (broad SMARTS) is 2. The van der Waals surface area contributed by atoms with Gasteiger partial charge in [0.05, 0.1) is 12.5 Å². The Labute approximate surface area is 155 Å². The Morgan fingerprint density at radius 1 is 1.04 bits per heavy atom. The predicted molar refractivity (Wildman–Crippen MR) is 96.8 cm³/mol. The van der Waals surface area contributed by atoms with Crippen molar-refractivity contribution in [3.63, 3.8) is 0 Å². The maximum absolute atomic E-state index is 12.2. The number of hydrogen-bond acceptors (Lipinski definition) is 5. The monoisotopic (exact) mass is 371 g/mol. The maximum atomic E-state index is 12.2. The highest BCUT2D eigenvalue weighted by Gasteiger charge is 2.27. The van der Waals surface area contributed by atoms with E-state index in [0.717, 1.165) is 45.2 Å². The van der Waals surface area contributed by atoms with Gasteiger partial charge in [-0.3, -0.25) is 14.4 Å². The molecule has 2 N–H and O–H groups in total. The van der Waals surface area contributed by atoms with Crippen LogP contribution >= 0.6 is 0 Å². The van der Waals surface area contributed by atoms with Gasteiger partial charge < -0.3 is 19.8 Å². The Kier molecular flexibility index (Phi) is 10.2. The molecule has 0 aromatic heterocycles. The van der Waals surface area contributed by atoms with E-state index in [1.165, 1.54) is 0 Å². The number of hydrogen-bond donors (Lipinski definition) is 2. The van der Waals surface area contributed by atoms with Gasteiger partial charge in [-0.15, -0.1) is 0 Å². The van der Waals surface area contributed by atoms with E-state index >= 15 is 0 Å². The summed E-state index contributed by atoms with van der Waals surface area (Å²) in [5.41, 5.74) is 0. The molecule has 7 heteroatoms. The van der Waals surface area contributed by atoms with Crippen molar-refractivity contribution in [2.24, 2.45) is 17.8 Å². The van der Waals surface area contributed by atoms with Gasteiger partial charge in [0, 0.05) is 0 Å². The van der Waals surface area contributed by atoms with Gasteiger partial charge in [-0.2, -0.15) is 0 Å². The molecule has 0 radical (unpaired) electrons. The molecule has 26 heavy (non-hydrogen) atoms. The highest BCUT2D eigenvalue weighted by Crippen LogP contribution is 2.22. The average molecular weight is 371 g/mol. The first kappa shape index (κ1) is 22.4. The molecule has 1 atom stereocenters. The topological polar surface area (TPSA) is 104 Å². The molecule has 0 aromatic carbocycles. The quantitative estimate of drug-likeness (QED) is 0.401. The number of carbonyl (C=O) groups excluding carboxylic acids is 1. The van der Waals surface area contributed by atoms with Crippen molar-refractivity contribution in [2.75, 3.05) is 26.7 Å². The Bertz CT molecular complexity index is 445. The summed E-state index contributed by atoms with van der Waals surface area (Å²) in [7, 11) is 2.05. The van der Waals surface area contributed by atoms with Crippen LogP contribution in [0.15, 0.2) is 0 Å². The summed E-state index contributed by atoms with van der Waals surface area (Å²) < 4.78 is 5.54. The van der Waals surface area contributed by atoms with Gasteiger partial charge in [-0.25, -0.2) is 0 Å². The number of unbranched alkanes of at least 4 members (excludes halogenated alkanes) is 1. The summed E-state index contributed by atoms with van der Waals surface area (Å²) in [6.07, 6.45) is 5.89. The normalized spacial score (nSPS) is 17.2. The standard InChI is InChI=1S/C19H33NO6/c1-3-4-6-14(7-5-8-16(17(21)22)18(23)24)13-26-19(25)15-9-11-20(2)12-10-15/h14-16H,3-13H2,1-2H3,(H,21,22)(H,23,24). The lowest BCUT2D eigenvalue weighted by Gasteiger charge is -2.28. The zero-order valence-corrected chi connectivity index (χ0v) is 16.0. The van der Waals surface area contributed by atoms with Crippen LogP contribution in [0.1, 0.15) is 58.3 Å². The van der Waals surface area contributed by atoms with Gasteiger partial charge in [0.2, 0.25) is 0 Å². The molecule has 7 nitrogen and oxygen atoms in total. The molecule has 0 amide bonds. The smallest absolute Gasteiger partial charge is 0.317 e. The van der Waals surface area contributed by atoms with E-state index in [1.54, 1.807) is 0 Å². The molecule has 0 saturated carbocycles. The van der Waals surface area contributed by atoms with Crippen LogP contribution < -0.4 is 0 Å². The fraction of sp³-hybridized carbons (Fsp3) is 0.842. The van der Waals surface area contributed by atoms with E-state index in [2.05, 4.69) is 11.8 Å². The predicted octanol–water partition coefficient (Wildman–Crippen LogP) is 2.63. The molecular formula is C19H33NO6. The minimum atomic E-state index is -1.36. The molecule has 0 spiro atoms. The van der Waals surface area contributed by atoms with Gasteiger partial charge >= 0.3 is 17.9 Å². The molecule has 1 heterocycles. The van der Waals surface area contributed by atoms with Gasteiger partial charge in [-0.1, -0.05) is 26.2 Å². The van der Waals surface area contributed by atoms with Crippen LogP contribution in [0.3, 0.4) is 0 Å². The fourth-order valence-electron chi connectivity index (χ4n) is 3.33. The van der Waals surface area contributed by atoms with Crippen molar-refractivity contribution < 1.29 is 29.3 Å². The first-order chi connectivity index (χ1) is 12.3. The third-order valence-electron chi connectivity index (χ3n) is 5.18. The van der Waals surface area contributed by atoms with Crippen molar-refractivity contribution in [2.45, 2.75) is 58.3 Å². The van der Waals surface area contributed by atoms with E-state index < -0.39 is 17.9 Å². The van der Waals surface area contributed by atoms with Crippen molar-refractivity contribution in [3.05, 3.63) is 0 Å². The summed E-state index contributed by atoms with van der Waals surface area (Å²) >= 11 is 0. The molecule has 1 fully saturated rings. The van der Waals surface area contributed by atoms with Crippen LogP contribution in [0.4, 0.5) is 0 Å². The van der Waals surface area contributed by atoms with Gasteiger partial charge in [0.1, 0.15) is 0 Å². The fourth-order valence-corrected chi connectivity index (χ4v) is 3.33. The number of carboxylic acids is 2. The minimum Gasteiger partial charge on any atom is -0.481 e. The van der Waals surface area contributed by atoms with E-state index in [-0.39, 0.29) is 24.2 Å². The molecule has 0 aliphatic carbocycles. The van der Waals surface area contributed by atoms with E-state index in [9.17, 15) is 14.4 Å². The first-order valence-electron chi connectivity index (χ1n) is 9.65. The van der Waals surface area contributed by atoms with Crippen LogP contribution in [0.2, 0.25) is 0 Å². The Hall–Kier alpha value is -1.63. The minimum absolute atomic E-state index is 0.0265. The molecule has 0 aromatic rings. The molecule has 1 unspecified atom stereocenters. The molecule has 150 valence electrons. The molecule has 1 aliphatic rings. The summed E-state index contributed by atoms with van der Waals surface area (Å²) in [5, 5.41) is 17.9. The molecule has 0 bridgehead atoms. The van der Waals surface area contributed by atoms with E-state index in [0.29, 0.717) is 19.4 Å². The second kappa shape index (κ2) is 11.9. The number of nitrogens with zero attached hydrogens (tertiary/aromatic N) is 1. The number of rotatable bonds is 12. The van der Waals surface area contributed by atoms with Gasteiger partial charge in [0.15, 0.2) is 5.92 Å². The van der Waals surface area contributed by atoms with Crippen LogP contribution in [-0.4, -0.2) is 59.8 Å². The Morgan fingerprint density at radius 3 is 2.15 bits per heavy atom. The number of likely N-dealkylation sites (tertiary alicyclic amines) is 1. The summed E-state index contributed by atoms with van der Waals surface area (Å²) in [5.74, 6) is -3.94. The Morgan fingerprint density at radius 2 is 1.62 bits per heavy atom. The average Bonchev–Trinajstić information content (AvgIpc) is 2.59. The molecule has 1 rings (SSSR count). The van der Waals surface area contributed by atoms with Gasteiger partial charge in [0.25, 0.3) is 0 Å². The maximum Gasteiger partial charge on any atom is 0.317 e. The molecular weight excluding hydrogens is 338 g/mol. The number of aliphatic carboxylic acids is 2. The van der Waals surface area contributed by atoms with Crippen LogP contribution in [0.5, 0.6) is 0 Å². The lowest BCUT2D eigenvalue weighted by Crippen LogP contribution is -2.34. The van der Waals surface area contributed by atoms with Crippen LogP contribution in [0.25, 0.3) is 0 Å². The van der Waals surface area contributed by atoms with E-state index in [1.807, 2.05) is 7.05 Å². The second-order valence-corrected chi connectivity index (χ2v) is 7.38. The molecule has 1 saturated heterocycles. The highest BCUT2D eigenvalue weighted by molar-refractivity contribution is 5.92. The zero-order valence-electron chi connectivity index (χ0n) is 16.0. The van der Waals surface area contributed by atoms with Gasteiger partial charge in [-0.05, 0) is 58.2 Å². The Balaban J connectivity index is 2.41. The van der Waals surface area contributed by atoms with Crippen molar-refractivity contribution >= 4 is 17.9 Å². The summed E-state index contributed by atoms with van der Waals surface area (Å²) in [6.45, 7) is 4.25. The van der Waals surface area contributed by atoms with Crippen LogP contribution in [0, 0.1) is 17.8 Å². The van der Waals surface area contributed by atoms with Crippen molar-refractivity contribution in [1.82, 2.24) is 4.90 Å². The first-order valence-corrected chi connectivity index (χ1v) is 9.65. The number of carbonyl (C=O) groups is 3. The third kappa shape index (κ3) is 8.17. The zero-order chi connectivity index (χ0) is 19.5. The van der Waals surface area contributed by atoms with Crippen LogP contribution in [-0.2, 0) is 19.1 Å². The lowest BCUT2D eigenvalue weighted by molar-refractivity contribution is -0.155. The van der Waals surface area contributed by atoms with Crippen molar-refractivity contribution in [1.29, 1.82) is 0 Å². The number of piperidine rings is 1. The SMILES string of the molecule is CCCCC(CCCC(C(=O)O)C(=O)O)COC(=O)C1CCN(C)CC1. The highest BCUT2D eigenvalue weighted by atomic mass is 16.5. The summed E-state index contributed by atoms with van der Waals surface area (Å²) in [4.78, 5) is 36.3. The summed E-state index contributed by atoms with van der Waals surface area (Å²) in [6, 6.07) is 0. The number of ether oxygens (including phenoxy) is 1. The largest absolute Gasteiger partial charge is 0.481 e. The molecule has 1 aliphatic heterocycles. The van der Waals surface area contributed by atoms with Crippen molar-refractivity contribution in [3.8, 4) is 0 Å². The third-order valence-corrected chi connectivity index (χ3v) is 5.18. The number of esters is 1. The lowest BCUT2D eigenvalue weighted by atomic mass is 9.93. The van der Waals surface area contributed by atoms with E-state index in [4.69, 9.17) is 14.9 Å². The second-order valence-electron chi connectivity index (χ2n) is 7.38.